The minimum atomic E-state index is -4.55. The molecule has 0 bridgehead atoms. The summed E-state index contributed by atoms with van der Waals surface area (Å²) < 4.78 is 41.3. The summed E-state index contributed by atoms with van der Waals surface area (Å²) in [7, 11) is 0. The van der Waals surface area contributed by atoms with Gasteiger partial charge >= 0.3 is 6.18 Å². The number of carbonyl (C=O) groups excluding carboxylic acids is 1. The van der Waals surface area contributed by atoms with E-state index in [4.69, 9.17) is 0 Å². The molecule has 0 unspecified atom stereocenters. The zero-order valence-corrected chi connectivity index (χ0v) is 16.0. The molecular weight excluding hydrogens is 401 g/mol. The van der Waals surface area contributed by atoms with Crippen molar-refractivity contribution >= 4 is 39.9 Å². The van der Waals surface area contributed by atoms with E-state index in [9.17, 15) is 18.0 Å². The molecule has 0 fully saturated rings. The largest absolute Gasteiger partial charge is 0.418 e. The number of halogens is 3. The normalized spacial score (nSPS) is 13.0. The summed E-state index contributed by atoms with van der Waals surface area (Å²) in [4.78, 5) is 12.6. The van der Waals surface area contributed by atoms with E-state index in [1.807, 2.05) is 40.8 Å². The van der Waals surface area contributed by atoms with Gasteiger partial charge in [-0.05, 0) is 42.6 Å². The zero-order valence-electron chi connectivity index (χ0n) is 15.1. The van der Waals surface area contributed by atoms with Crippen LogP contribution in [-0.4, -0.2) is 25.8 Å². The molecule has 0 aliphatic rings. The predicted octanol–water partition coefficient (Wildman–Crippen LogP) is 5.02. The fourth-order valence-corrected chi connectivity index (χ4v) is 3.84. The second-order valence-corrected chi connectivity index (χ2v) is 7.67. The van der Waals surface area contributed by atoms with Crippen LogP contribution >= 0.6 is 11.8 Å². The van der Waals surface area contributed by atoms with Crippen LogP contribution in [0.5, 0.6) is 0 Å². The van der Waals surface area contributed by atoms with E-state index in [-0.39, 0.29) is 5.69 Å². The maximum absolute atomic E-state index is 13.1. The average molecular weight is 416 g/mol. The molecule has 0 aliphatic heterocycles. The maximum Gasteiger partial charge on any atom is 0.418 e. The van der Waals surface area contributed by atoms with E-state index in [2.05, 4.69) is 15.5 Å². The number of alkyl halides is 3. The molecular formula is C20H15F3N4OS. The highest BCUT2D eigenvalue weighted by molar-refractivity contribution is 8.00. The number of hydrogen-bond donors (Lipinski definition) is 1. The van der Waals surface area contributed by atoms with Crippen molar-refractivity contribution < 1.29 is 18.0 Å². The lowest BCUT2D eigenvalue weighted by atomic mass is 10.1. The third-order valence-electron chi connectivity index (χ3n) is 4.39. The minimum Gasteiger partial charge on any atom is -0.325 e. The SMILES string of the molecule is C[C@@H](Sc1nnc2ccc3ccccc3n12)C(=O)Nc1ccccc1C(F)(F)F. The molecule has 0 spiro atoms. The fraction of sp³-hybridized carbons (Fsp3) is 0.150. The van der Waals surface area contributed by atoms with Gasteiger partial charge in [0, 0.05) is 0 Å². The van der Waals surface area contributed by atoms with E-state index >= 15 is 0 Å². The number of aromatic nitrogens is 3. The molecule has 4 aromatic rings. The third kappa shape index (κ3) is 3.77. The molecule has 9 heteroatoms. The second kappa shape index (κ2) is 7.40. The molecule has 1 amide bonds. The highest BCUT2D eigenvalue weighted by atomic mass is 32.2. The Balaban J connectivity index is 1.60. The van der Waals surface area contributed by atoms with Gasteiger partial charge in [-0.3, -0.25) is 9.20 Å². The lowest BCUT2D eigenvalue weighted by molar-refractivity contribution is -0.137. The Labute approximate surface area is 167 Å². The summed E-state index contributed by atoms with van der Waals surface area (Å²) in [5.41, 5.74) is 0.354. The Morgan fingerprint density at radius 2 is 1.76 bits per heavy atom. The summed E-state index contributed by atoms with van der Waals surface area (Å²) in [6.45, 7) is 1.61. The molecule has 1 N–H and O–H groups in total. The highest BCUT2D eigenvalue weighted by Crippen LogP contribution is 2.35. The van der Waals surface area contributed by atoms with Gasteiger partial charge in [-0.25, -0.2) is 0 Å². The number of anilines is 1. The van der Waals surface area contributed by atoms with E-state index in [0.29, 0.717) is 10.8 Å². The van der Waals surface area contributed by atoms with Crippen LogP contribution in [0.4, 0.5) is 18.9 Å². The van der Waals surface area contributed by atoms with E-state index in [1.54, 1.807) is 6.92 Å². The van der Waals surface area contributed by atoms with E-state index in [1.165, 1.54) is 18.2 Å². The number of benzene rings is 2. The third-order valence-corrected chi connectivity index (χ3v) is 5.43. The Bertz CT molecular complexity index is 1210. The molecule has 1 atom stereocenters. The van der Waals surface area contributed by atoms with Crippen LogP contribution in [0.3, 0.4) is 0 Å². The fourth-order valence-electron chi connectivity index (χ4n) is 2.97. The first-order valence-corrected chi connectivity index (χ1v) is 9.59. The zero-order chi connectivity index (χ0) is 20.6. The maximum atomic E-state index is 13.1. The van der Waals surface area contributed by atoms with Crippen LogP contribution < -0.4 is 5.32 Å². The van der Waals surface area contributed by atoms with Crippen LogP contribution in [0.1, 0.15) is 12.5 Å². The van der Waals surface area contributed by atoms with Gasteiger partial charge in [0.2, 0.25) is 5.91 Å². The van der Waals surface area contributed by atoms with Crippen molar-refractivity contribution in [3.8, 4) is 0 Å². The summed E-state index contributed by atoms with van der Waals surface area (Å²) in [5.74, 6) is -0.552. The van der Waals surface area contributed by atoms with Gasteiger partial charge in [-0.15, -0.1) is 10.2 Å². The number of pyridine rings is 1. The van der Waals surface area contributed by atoms with Gasteiger partial charge in [0.05, 0.1) is 22.0 Å². The monoisotopic (exact) mass is 416 g/mol. The number of para-hydroxylation sites is 2. The molecule has 0 radical (unpaired) electrons. The average Bonchev–Trinajstić information content (AvgIpc) is 3.11. The number of fused-ring (bicyclic) bond motifs is 3. The molecule has 148 valence electrons. The first-order chi connectivity index (χ1) is 13.8. The van der Waals surface area contributed by atoms with Crippen molar-refractivity contribution in [3.63, 3.8) is 0 Å². The predicted molar refractivity (Wildman–Crippen MR) is 106 cm³/mol. The quantitative estimate of drug-likeness (QED) is 0.475. The Kier molecular flexibility index (Phi) is 4.91. The number of rotatable bonds is 4. The van der Waals surface area contributed by atoms with Crippen molar-refractivity contribution in [2.45, 2.75) is 23.5 Å². The number of hydrogen-bond acceptors (Lipinski definition) is 4. The van der Waals surface area contributed by atoms with Crippen molar-refractivity contribution in [2.24, 2.45) is 0 Å². The summed E-state index contributed by atoms with van der Waals surface area (Å²) in [5, 5.41) is 11.4. The Morgan fingerprint density at radius 3 is 2.55 bits per heavy atom. The molecule has 2 heterocycles. The Hall–Kier alpha value is -3.07. The van der Waals surface area contributed by atoms with Crippen LogP contribution in [0.2, 0.25) is 0 Å². The minimum absolute atomic E-state index is 0.269. The number of carbonyl (C=O) groups is 1. The lowest BCUT2D eigenvalue weighted by Gasteiger charge is -2.16. The van der Waals surface area contributed by atoms with Gasteiger partial charge < -0.3 is 5.32 Å². The molecule has 2 aromatic carbocycles. The molecule has 5 nitrogen and oxygen atoms in total. The van der Waals surface area contributed by atoms with Crippen molar-refractivity contribution in [3.05, 3.63) is 66.2 Å². The van der Waals surface area contributed by atoms with Crippen LogP contribution in [0.15, 0.2) is 65.8 Å². The molecule has 29 heavy (non-hydrogen) atoms. The smallest absolute Gasteiger partial charge is 0.325 e. The highest BCUT2D eigenvalue weighted by Gasteiger charge is 2.34. The van der Waals surface area contributed by atoms with E-state index in [0.717, 1.165) is 28.7 Å². The summed E-state index contributed by atoms with van der Waals surface area (Å²) in [6.07, 6.45) is -4.55. The van der Waals surface area contributed by atoms with Crippen LogP contribution in [-0.2, 0) is 11.0 Å². The molecule has 2 aromatic heterocycles. The molecule has 4 rings (SSSR count). The standard InChI is InChI=1S/C20H15F3N4OS/c1-12(18(28)24-15-8-4-3-7-14(15)20(21,22)23)29-19-26-25-17-11-10-13-6-2-5-9-16(13)27(17)19/h2-12H,1H3,(H,24,28)/t12-/m1/s1. The summed E-state index contributed by atoms with van der Waals surface area (Å²) >= 11 is 1.13. The number of thioether (sulfide) groups is 1. The topological polar surface area (TPSA) is 59.3 Å². The van der Waals surface area contributed by atoms with Crippen molar-refractivity contribution in [1.29, 1.82) is 0 Å². The van der Waals surface area contributed by atoms with Gasteiger partial charge in [0.1, 0.15) is 0 Å². The number of nitrogens with one attached hydrogen (secondary N) is 1. The molecule has 0 saturated carbocycles. The van der Waals surface area contributed by atoms with Gasteiger partial charge in [-0.1, -0.05) is 42.1 Å². The molecule has 0 saturated heterocycles. The first kappa shape index (κ1) is 19.3. The second-order valence-electron chi connectivity index (χ2n) is 6.36. The van der Waals surface area contributed by atoms with E-state index < -0.39 is 22.9 Å². The Morgan fingerprint density at radius 1 is 1.03 bits per heavy atom. The number of amides is 1. The van der Waals surface area contributed by atoms with Gasteiger partial charge in [-0.2, -0.15) is 13.2 Å². The first-order valence-electron chi connectivity index (χ1n) is 8.71. The van der Waals surface area contributed by atoms with Crippen molar-refractivity contribution in [2.75, 3.05) is 5.32 Å². The number of nitrogens with zero attached hydrogens (tertiary/aromatic N) is 3. The molecule has 0 aliphatic carbocycles. The van der Waals surface area contributed by atoms with Crippen LogP contribution in [0.25, 0.3) is 16.6 Å². The van der Waals surface area contributed by atoms with Gasteiger partial charge in [0.15, 0.2) is 10.8 Å². The van der Waals surface area contributed by atoms with Crippen LogP contribution in [0, 0.1) is 0 Å². The van der Waals surface area contributed by atoms with Crippen molar-refractivity contribution in [1.82, 2.24) is 14.6 Å². The summed E-state index contributed by atoms with van der Waals surface area (Å²) in [6, 6.07) is 16.3. The lowest BCUT2D eigenvalue weighted by Crippen LogP contribution is -2.24. The van der Waals surface area contributed by atoms with Gasteiger partial charge in [0.25, 0.3) is 0 Å².